The topological polar surface area (TPSA) is 64.6 Å². The third-order valence-electron chi connectivity index (χ3n) is 4.73. The van der Waals surface area contributed by atoms with E-state index in [-0.39, 0.29) is 18.9 Å². The van der Waals surface area contributed by atoms with Gasteiger partial charge in [0.25, 0.3) is 0 Å². The fourth-order valence-electron chi connectivity index (χ4n) is 3.54. The average molecular weight is 393 g/mol. The number of ether oxygens (including phenoxy) is 2. The maximum Gasteiger partial charge on any atom is 0.407 e. The van der Waals surface area contributed by atoms with E-state index >= 15 is 0 Å². The summed E-state index contributed by atoms with van der Waals surface area (Å²) in [5.74, 6) is -0.543. The largest absolute Gasteiger partial charge is 0.458 e. The highest BCUT2D eigenvalue weighted by Crippen LogP contribution is 2.44. The molecular weight excluding hydrogens is 366 g/mol. The zero-order valence-electron chi connectivity index (χ0n) is 17.1. The lowest BCUT2D eigenvalue weighted by Crippen LogP contribution is -2.44. The van der Waals surface area contributed by atoms with Crippen LogP contribution < -0.4 is 5.32 Å². The van der Waals surface area contributed by atoms with Crippen molar-refractivity contribution in [2.75, 3.05) is 6.61 Å². The van der Waals surface area contributed by atoms with E-state index in [9.17, 15) is 9.59 Å². The molecule has 0 radical (unpaired) electrons. The lowest BCUT2D eigenvalue weighted by atomic mass is 9.98. The van der Waals surface area contributed by atoms with Crippen LogP contribution in [-0.4, -0.2) is 30.3 Å². The van der Waals surface area contributed by atoms with Crippen LogP contribution in [0.5, 0.6) is 0 Å². The molecule has 1 aliphatic carbocycles. The molecule has 0 bridgehead atoms. The van der Waals surface area contributed by atoms with Gasteiger partial charge in [-0.1, -0.05) is 54.6 Å². The predicted molar refractivity (Wildman–Crippen MR) is 113 cm³/mol. The number of nitrogens with one attached hydrogen (secondary N) is 1. The Morgan fingerprint density at radius 3 is 2.14 bits per heavy atom. The van der Waals surface area contributed by atoms with Gasteiger partial charge in [0.1, 0.15) is 18.2 Å². The van der Waals surface area contributed by atoms with Crippen molar-refractivity contribution in [2.24, 2.45) is 0 Å². The highest BCUT2D eigenvalue weighted by Gasteiger charge is 2.30. The van der Waals surface area contributed by atoms with Crippen LogP contribution in [-0.2, 0) is 14.3 Å². The Morgan fingerprint density at radius 2 is 1.62 bits per heavy atom. The predicted octanol–water partition coefficient (Wildman–Crippen LogP) is 4.81. The SMILES string of the molecule is C=CC[C@H](NC(=O)OCC1c2ccccc2-c2ccccc21)C(=O)OC(C)(C)C. The number of esters is 1. The smallest absolute Gasteiger partial charge is 0.407 e. The molecule has 0 aromatic heterocycles. The van der Waals surface area contributed by atoms with E-state index < -0.39 is 23.7 Å². The van der Waals surface area contributed by atoms with Gasteiger partial charge in [0.05, 0.1) is 0 Å². The summed E-state index contributed by atoms with van der Waals surface area (Å²) in [4.78, 5) is 24.7. The second kappa shape index (κ2) is 8.52. The van der Waals surface area contributed by atoms with Gasteiger partial charge >= 0.3 is 12.1 Å². The van der Waals surface area contributed by atoms with Crippen molar-refractivity contribution in [3.05, 3.63) is 72.3 Å². The molecule has 1 atom stereocenters. The zero-order valence-corrected chi connectivity index (χ0v) is 17.1. The molecular formula is C24H27NO4. The first-order chi connectivity index (χ1) is 13.8. The number of benzene rings is 2. The molecule has 0 saturated heterocycles. The number of rotatable bonds is 6. The number of hydrogen-bond donors (Lipinski definition) is 1. The highest BCUT2D eigenvalue weighted by atomic mass is 16.6. The Morgan fingerprint density at radius 1 is 1.07 bits per heavy atom. The third kappa shape index (κ3) is 4.86. The summed E-state index contributed by atoms with van der Waals surface area (Å²) >= 11 is 0. The maximum absolute atomic E-state index is 12.4. The van der Waals surface area contributed by atoms with Crippen LogP contribution in [0.15, 0.2) is 61.2 Å². The van der Waals surface area contributed by atoms with Gasteiger partial charge in [-0.3, -0.25) is 0 Å². The summed E-state index contributed by atoms with van der Waals surface area (Å²) < 4.78 is 10.9. The standard InChI is InChI=1S/C24H27NO4/c1-5-10-21(22(26)29-24(2,3)4)25-23(27)28-15-20-18-13-8-6-11-16(18)17-12-7-9-14-19(17)20/h5-9,11-14,20-21H,1,10,15H2,2-4H3,(H,25,27)/t21-/m0/s1. The van der Waals surface area contributed by atoms with Crippen LogP contribution in [0.25, 0.3) is 11.1 Å². The number of hydrogen-bond acceptors (Lipinski definition) is 4. The van der Waals surface area contributed by atoms with Crippen molar-refractivity contribution in [3.8, 4) is 11.1 Å². The first-order valence-electron chi connectivity index (χ1n) is 9.75. The molecule has 5 nitrogen and oxygen atoms in total. The maximum atomic E-state index is 12.4. The molecule has 1 aliphatic rings. The number of fused-ring (bicyclic) bond motifs is 3. The Hall–Kier alpha value is -3.08. The fraction of sp³-hybridized carbons (Fsp3) is 0.333. The second-order valence-corrected chi connectivity index (χ2v) is 8.08. The van der Waals surface area contributed by atoms with Crippen LogP contribution in [0.2, 0.25) is 0 Å². The van der Waals surface area contributed by atoms with E-state index in [1.807, 2.05) is 24.3 Å². The Bertz CT molecular complexity index is 868. The van der Waals surface area contributed by atoms with E-state index in [1.165, 1.54) is 0 Å². The number of carbonyl (C=O) groups excluding carboxylic acids is 2. The van der Waals surface area contributed by atoms with Crippen LogP contribution in [0.1, 0.15) is 44.2 Å². The number of amides is 1. The molecule has 3 rings (SSSR count). The van der Waals surface area contributed by atoms with E-state index in [4.69, 9.17) is 9.47 Å². The molecule has 0 unspecified atom stereocenters. The first-order valence-corrected chi connectivity index (χ1v) is 9.75. The Balaban J connectivity index is 1.67. The van der Waals surface area contributed by atoms with E-state index in [1.54, 1.807) is 26.8 Å². The summed E-state index contributed by atoms with van der Waals surface area (Å²) in [6.07, 6.45) is 1.18. The minimum Gasteiger partial charge on any atom is -0.458 e. The quantitative estimate of drug-likeness (QED) is 0.565. The molecule has 0 aliphatic heterocycles. The lowest BCUT2D eigenvalue weighted by molar-refractivity contribution is -0.157. The monoisotopic (exact) mass is 393 g/mol. The summed E-state index contributed by atoms with van der Waals surface area (Å²) in [5.41, 5.74) is 3.96. The van der Waals surface area contributed by atoms with E-state index in [2.05, 4.69) is 36.2 Å². The van der Waals surface area contributed by atoms with Crippen molar-refractivity contribution in [2.45, 2.75) is 44.8 Å². The number of carbonyl (C=O) groups is 2. The van der Waals surface area contributed by atoms with Crippen molar-refractivity contribution >= 4 is 12.1 Å². The van der Waals surface area contributed by atoms with Gasteiger partial charge in [-0.25, -0.2) is 9.59 Å². The van der Waals surface area contributed by atoms with Gasteiger partial charge in [-0.15, -0.1) is 6.58 Å². The van der Waals surface area contributed by atoms with Gasteiger partial charge in [0.2, 0.25) is 0 Å². The lowest BCUT2D eigenvalue weighted by Gasteiger charge is -2.24. The minimum absolute atomic E-state index is 0.0347. The Labute approximate surface area is 171 Å². The average Bonchev–Trinajstić information content (AvgIpc) is 2.99. The van der Waals surface area contributed by atoms with Gasteiger partial charge in [0, 0.05) is 5.92 Å². The summed E-state index contributed by atoms with van der Waals surface area (Å²) in [6.45, 7) is 9.18. The fourth-order valence-corrected chi connectivity index (χ4v) is 3.54. The van der Waals surface area contributed by atoms with Gasteiger partial charge in [-0.05, 0) is 49.4 Å². The molecule has 29 heavy (non-hydrogen) atoms. The highest BCUT2D eigenvalue weighted by molar-refractivity contribution is 5.82. The van der Waals surface area contributed by atoms with Crippen molar-refractivity contribution in [1.29, 1.82) is 0 Å². The second-order valence-electron chi connectivity index (χ2n) is 8.08. The Kier molecular flexibility index (Phi) is 6.06. The minimum atomic E-state index is -0.831. The van der Waals surface area contributed by atoms with Crippen molar-refractivity contribution in [3.63, 3.8) is 0 Å². The van der Waals surface area contributed by atoms with Crippen molar-refractivity contribution in [1.82, 2.24) is 5.32 Å². The van der Waals surface area contributed by atoms with Gasteiger partial charge in [0.15, 0.2) is 0 Å². The molecule has 0 heterocycles. The third-order valence-corrected chi connectivity index (χ3v) is 4.73. The molecule has 5 heteroatoms. The van der Waals surface area contributed by atoms with Crippen LogP contribution >= 0.6 is 0 Å². The molecule has 0 fully saturated rings. The summed E-state index contributed by atoms with van der Waals surface area (Å²) in [6, 6.07) is 15.4. The van der Waals surface area contributed by atoms with Crippen molar-refractivity contribution < 1.29 is 19.1 Å². The number of alkyl carbamates (subject to hydrolysis) is 1. The molecule has 1 amide bonds. The van der Waals surface area contributed by atoms with Gasteiger partial charge in [-0.2, -0.15) is 0 Å². The van der Waals surface area contributed by atoms with Crippen LogP contribution in [0.3, 0.4) is 0 Å². The van der Waals surface area contributed by atoms with Crippen LogP contribution in [0, 0.1) is 0 Å². The van der Waals surface area contributed by atoms with Gasteiger partial charge < -0.3 is 14.8 Å². The molecule has 2 aromatic carbocycles. The molecule has 0 saturated carbocycles. The van der Waals surface area contributed by atoms with E-state index in [0.29, 0.717) is 0 Å². The van der Waals surface area contributed by atoms with E-state index in [0.717, 1.165) is 22.3 Å². The molecule has 1 N–H and O–H groups in total. The summed E-state index contributed by atoms with van der Waals surface area (Å²) in [7, 11) is 0. The zero-order chi connectivity index (χ0) is 21.0. The first kappa shape index (κ1) is 20.6. The summed E-state index contributed by atoms with van der Waals surface area (Å²) in [5, 5.41) is 2.61. The van der Waals surface area contributed by atoms with Crippen LogP contribution in [0.4, 0.5) is 4.79 Å². The molecule has 2 aromatic rings. The normalized spacial score (nSPS) is 13.8. The molecule has 0 spiro atoms. The molecule has 152 valence electrons.